The van der Waals surface area contributed by atoms with Crippen LogP contribution in [0.5, 0.6) is 11.5 Å². The second-order valence-electron chi connectivity index (χ2n) is 8.59. The maximum absolute atomic E-state index is 13.2. The number of nitrogens with zero attached hydrogens (tertiary/aromatic N) is 2. The first-order chi connectivity index (χ1) is 15.1. The third kappa shape index (κ3) is 5.50. The number of fused-ring (bicyclic) bond motifs is 1. The van der Waals surface area contributed by atoms with Gasteiger partial charge in [-0.05, 0) is 69.0 Å². The number of nitrogens with one attached hydrogen (secondary N) is 1. The Bertz CT molecular complexity index is 901. The van der Waals surface area contributed by atoms with E-state index < -0.39 is 0 Å². The highest BCUT2D eigenvalue weighted by atomic mass is 16.7. The van der Waals surface area contributed by atoms with Crippen molar-refractivity contribution in [3.05, 3.63) is 53.6 Å². The molecule has 2 aromatic carbocycles. The van der Waals surface area contributed by atoms with Gasteiger partial charge in [0.25, 0.3) is 0 Å². The van der Waals surface area contributed by atoms with E-state index in [-0.39, 0.29) is 12.8 Å². The maximum Gasteiger partial charge on any atom is 0.322 e. The second-order valence-corrected chi connectivity index (χ2v) is 8.59. The first-order valence-electron chi connectivity index (χ1n) is 11.3. The van der Waals surface area contributed by atoms with Crippen LogP contribution < -0.4 is 14.8 Å². The molecule has 6 heteroatoms. The lowest BCUT2D eigenvalue weighted by molar-refractivity contribution is 0.150. The van der Waals surface area contributed by atoms with Gasteiger partial charge in [0.2, 0.25) is 6.79 Å². The van der Waals surface area contributed by atoms with Gasteiger partial charge in [0.15, 0.2) is 11.5 Å². The average molecular weight is 424 g/mol. The maximum atomic E-state index is 13.2. The summed E-state index contributed by atoms with van der Waals surface area (Å²) in [6.45, 7) is 8.00. The van der Waals surface area contributed by atoms with E-state index >= 15 is 0 Å². The molecule has 2 aliphatic rings. The van der Waals surface area contributed by atoms with Crippen LogP contribution in [0.25, 0.3) is 0 Å². The zero-order valence-corrected chi connectivity index (χ0v) is 18.6. The summed E-state index contributed by atoms with van der Waals surface area (Å²) in [5.74, 6) is 1.51. The molecule has 4 rings (SSSR count). The number of likely N-dealkylation sites (tertiary alicyclic amines) is 1. The first kappa shape index (κ1) is 21.5. The molecule has 2 heterocycles. The molecule has 6 nitrogen and oxygen atoms in total. The summed E-state index contributed by atoms with van der Waals surface area (Å²) < 4.78 is 10.9. The molecule has 1 fully saturated rings. The number of anilines is 1. The summed E-state index contributed by atoms with van der Waals surface area (Å²) >= 11 is 0. The molecule has 0 bridgehead atoms. The van der Waals surface area contributed by atoms with Gasteiger partial charge in [0, 0.05) is 31.4 Å². The van der Waals surface area contributed by atoms with Crippen molar-refractivity contribution in [3.8, 4) is 11.5 Å². The predicted octanol–water partition coefficient (Wildman–Crippen LogP) is 5.02. The van der Waals surface area contributed by atoms with Gasteiger partial charge in [-0.1, -0.05) is 30.7 Å². The Labute approximate surface area is 185 Å². The molecular weight excluding hydrogens is 390 g/mol. The molecule has 31 heavy (non-hydrogen) atoms. The quantitative estimate of drug-likeness (QED) is 0.679. The Morgan fingerprint density at radius 3 is 2.84 bits per heavy atom. The van der Waals surface area contributed by atoms with Crippen LogP contribution in [-0.2, 0) is 6.54 Å². The van der Waals surface area contributed by atoms with E-state index in [1.807, 2.05) is 54.3 Å². The number of urea groups is 1. The number of benzene rings is 2. The average Bonchev–Trinajstić information content (AvgIpc) is 3.24. The number of carbonyl (C=O) groups is 1. The van der Waals surface area contributed by atoms with E-state index in [1.165, 1.54) is 25.8 Å². The summed E-state index contributed by atoms with van der Waals surface area (Å²) in [5.41, 5.74) is 2.95. The minimum absolute atomic E-state index is 0.0707. The lowest BCUT2D eigenvalue weighted by Crippen LogP contribution is -2.40. The van der Waals surface area contributed by atoms with Gasteiger partial charge in [-0.25, -0.2) is 4.79 Å². The van der Waals surface area contributed by atoms with Crippen molar-refractivity contribution in [2.24, 2.45) is 0 Å². The summed E-state index contributed by atoms with van der Waals surface area (Å²) in [5, 5.41) is 3.10. The number of rotatable bonds is 7. The molecule has 1 saturated heterocycles. The highest BCUT2D eigenvalue weighted by Gasteiger charge is 2.21. The van der Waals surface area contributed by atoms with Crippen LogP contribution in [0, 0.1) is 6.92 Å². The molecule has 0 spiro atoms. The summed E-state index contributed by atoms with van der Waals surface area (Å²) in [7, 11) is 0. The second kappa shape index (κ2) is 10.1. The topological polar surface area (TPSA) is 54.0 Å². The van der Waals surface area contributed by atoms with Gasteiger partial charge >= 0.3 is 6.03 Å². The van der Waals surface area contributed by atoms with E-state index in [1.54, 1.807) is 0 Å². The fraction of sp³-hybridized carbons (Fsp3) is 0.480. The first-order valence-corrected chi connectivity index (χ1v) is 11.3. The fourth-order valence-electron chi connectivity index (χ4n) is 4.37. The molecule has 166 valence electrons. The van der Waals surface area contributed by atoms with Gasteiger partial charge in [-0.15, -0.1) is 0 Å². The molecular formula is C25H33N3O3. The van der Waals surface area contributed by atoms with Gasteiger partial charge in [-0.2, -0.15) is 0 Å². The molecule has 1 atom stereocenters. The number of ether oxygens (including phenoxy) is 2. The van der Waals surface area contributed by atoms with Crippen LogP contribution in [0.4, 0.5) is 10.5 Å². The third-order valence-electron chi connectivity index (χ3n) is 6.30. The SMILES string of the molecule is Cc1ccccc1NC(=O)N(CCCN1CCCCC1C)Cc1ccc2c(c1)OCO2. The van der Waals surface area contributed by atoms with E-state index in [0.717, 1.165) is 41.3 Å². The standard InChI is InChI=1S/C25H33N3O3/c1-19-8-3-4-10-22(19)26-25(29)28(15-7-14-27-13-6-5-9-20(27)2)17-21-11-12-23-24(16-21)31-18-30-23/h3-4,8,10-12,16,20H,5-7,9,13-15,17-18H2,1-2H3,(H,26,29). The summed E-state index contributed by atoms with van der Waals surface area (Å²) in [6.07, 6.45) is 4.83. The molecule has 2 amide bonds. The predicted molar refractivity (Wildman–Crippen MR) is 123 cm³/mol. The Morgan fingerprint density at radius 1 is 1.16 bits per heavy atom. The van der Waals surface area contributed by atoms with Crippen LogP contribution in [0.2, 0.25) is 0 Å². The number of piperidine rings is 1. The molecule has 2 aliphatic heterocycles. The fourth-order valence-corrected chi connectivity index (χ4v) is 4.37. The molecule has 0 aliphatic carbocycles. The van der Waals surface area contributed by atoms with Crippen molar-refractivity contribution >= 4 is 11.7 Å². The zero-order valence-electron chi connectivity index (χ0n) is 18.6. The van der Waals surface area contributed by atoms with Crippen molar-refractivity contribution < 1.29 is 14.3 Å². The number of amides is 2. The van der Waals surface area contributed by atoms with Crippen LogP contribution in [-0.4, -0.2) is 48.3 Å². The van der Waals surface area contributed by atoms with E-state index in [9.17, 15) is 4.79 Å². The minimum atomic E-state index is -0.0707. The molecule has 0 saturated carbocycles. The highest BCUT2D eigenvalue weighted by molar-refractivity contribution is 5.90. The van der Waals surface area contributed by atoms with Gasteiger partial charge in [0.05, 0.1) is 0 Å². The zero-order chi connectivity index (χ0) is 21.6. The van der Waals surface area contributed by atoms with Crippen LogP contribution in [0.15, 0.2) is 42.5 Å². The van der Waals surface area contributed by atoms with Crippen molar-refractivity contribution in [1.29, 1.82) is 0 Å². The van der Waals surface area contributed by atoms with Crippen molar-refractivity contribution in [1.82, 2.24) is 9.80 Å². The van der Waals surface area contributed by atoms with E-state index in [2.05, 4.69) is 17.1 Å². The van der Waals surface area contributed by atoms with Gasteiger partial charge in [-0.3, -0.25) is 0 Å². The van der Waals surface area contributed by atoms with E-state index in [4.69, 9.17) is 9.47 Å². The summed E-state index contributed by atoms with van der Waals surface area (Å²) in [4.78, 5) is 17.7. The number of hydrogen-bond donors (Lipinski definition) is 1. The van der Waals surface area contributed by atoms with Crippen LogP contribution in [0.1, 0.15) is 43.7 Å². The molecule has 0 aromatic heterocycles. The van der Waals surface area contributed by atoms with Crippen LogP contribution in [0.3, 0.4) is 0 Å². The lowest BCUT2D eigenvalue weighted by Gasteiger charge is -2.34. The van der Waals surface area contributed by atoms with Crippen molar-refractivity contribution in [3.63, 3.8) is 0 Å². The van der Waals surface area contributed by atoms with Crippen molar-refractivity contribution in [2.45, 2.75) is 52.1 Å². The molecule has 1 unspecified atom stereocenters. The monoisotopic (exact) mass is 423 g/mol. The smallest absolute Gasteiger partial charge is 0.322 e. The van der Waals surface area contributed by atoms with Gasteiger partial charge in [0.1, 0.15) is 0 Å². The lowest BCUT2D eigenvalue weighted by atomic mass is 10.0. The Balaban J connectivity index is 1.43. The van der Waals surface area contributed by atoms with Gasteiger partial charge < -0.3 is 24.6 Å². The molecule has 2 aromatic rings. The number of carbonyl (C=O) groups excluding carboxylic acids is 1. The number of aryl methyl sites for hydroxylation is 1. The number of para-hydroxylation sites is 1. The Hall–Kier alpha value is -2.73. The Kier molecular flexibility index (Phi) is 6.97. The molecule has 0 radical (unpaired) electrons. The summed E-state index contributed by atoms with van der Waals surface area (Å²) in [6, 6.07) is 14.4. The third-order valence-corrected chi connectivity index (χ3v) is 6.30. The van der Waals surface area contributed by atoms with E-state index in [0.29, 0.717) is 19.1 Å². The molecule has 1 N–H and O–H groups in total. The minimum Gasteiger partial charge on any atom is -0.454 e. The highest BCUT2D eigenvalue weighted by Crippen LogP contribution is 2.33. The largest absolute Gasteiger partial charge is 0.454 e. The van der Waals surface area contributed by atoms with Crippen molar-refractivity contribution in [2.75, 3.05) is 31.7 Å². The van der Waals surface area contributed by atoms with Crippen LogP contribution >= 0.6 is 0 Å². The number of hydrogen-bond acceptors (Lipinski definition) is 4. The Morgan fingerprint density at radius 2 is 2.00 bits per heavy atom. The normalized spacial score (nSPS) is 18.1.